The Bertz CT molecular complexity index is 1080. The third-order valence-electron chi connectivity index (χ3n) is 6.57. The summed E-state index contributed by atoms with van der Waals surface area (Å²) in [5.74, 6) is -1.62. The molecule has 0 spiro atoms. The van der Waals surface area contributed by atoms with E-state index in [0.29, 0.717) is 30.1 Å². The first kappa shape index (κ1) is 24.6. The van der Waals surface area contributed by atoms with Crippen LogP contribution in [0.25, 0.3) is 0 Å². The van der Waals surface area contributed by atoms with Gasteiger partial charge in [0.2, 0.25) is 5.78 Å². The van der Waals surface area contributed by atoms with Crippen molar-refractivity contribution in [1.82, 2.24) is 10.6 Å². The predicted molar refractivity (Wildman–Crippen MR) is 131 cm³/mol. The van der Waals surface area contributed by atoms with Crippen molar-refractivity contribution in [3.8, 4) is 5.75 Å². The molecule has 1 unspecified atom stereocenters. The van der Waals surface area contributed by atoms with Gasteiger partial charge < -0.3 is 15.4 Å². The Kier molecular flexibility index (Phi) is 7.95. The third-order valence-corrected chi connectivity index (χ3v) is 6.57. The SMILES string of the molecule is COc1cccc(C(=O)N[C@@H](CC2CC2)C(=O)CC(Cc2ccccc2)C(=O)C(=O)NC2CC2)c1. The molecule has 0 bridgehead atoms. The molecule has 2 aliphatic carbocycles. The highest BCUT2D eigenvalue weighted by molar-refractivity contribution is 6.37. The van der Waals surface area contributed by atoms with Gasteiger partial charge in [-0.2, -0.15) is 0 Å². The van der Waals surface area contributed by atoms with E-state index in [1.54, 1.807) is 24.3 Å². The van der Waals surface area contributed by atoms with Crippen molar-refractivity contribution in [3.63, 3.8) is 0 Å². The number of ether oxygens (including phenoxy) is 1. The van der Waals surface area contributed by atoms with Gasteiger partial charge in [0.15, 0.2) is 5.78 Å². The van der Waals surface area contributed by atoms with Crippen LogP contribution in [0.4, 0.5) is 0 Å². The monoisotopic (exact) mass is 476 g/mol. The van der Waals surface area contributed by atoms with Gasteiger partial charge in [-0.05, 0) is 55.4 Å². The fourth-order valence-corrected chi connectivity index (χ4v) is 4.17. The van der Waals surface area contributed by atoms with Crippen LogP contribution < -0.4 is 15.4 Å². The van der Waals surface area contributed by atoms with Crippen LogP contribution in [0.2, 0.25) is 0 Å². The Morgan fingerprint density at radius 3 is 2.37 bits per heavy atom. The average molecular weight is 477 g/mol. The van der Waals surface area contributed by atoms with Crippen molar-refractivity contribution in [2.24, 2.45) is 11.8 Å². The molecule has 35 heavy (non-hydrogen) atoms. The van der Waals surface area contributed by atoms with Crippen molar-refractivity contribution in [3.05, 3.63) is 65.7 Å². The minimum absolute atomic E-state index is 0.0595. The molecule has 0 aromatic heterocycles. The predicted octanol–water partition coefficient (Wildman–Crippen LogP) is 3.26. The molecular weight excluding hydrogens is 444 g/mol. The Balaban J connectivity index is 1.48. The molecule has 4 rings (SSSR count). The molecular formula is C28H32N2O5. The smallest absolute Gasteiger partial charge is 0.287 e. The summed E-state index contributed by atoms with van der Waals surface area (Å²) < 4.78 is 5.20. The summed E-state index contributed by atoms with van der Waals surface area (Å²) in [6.07, 6.45) is 4.53. The highest BCUT2D eigenvalue weighted by Crippen LogP contribution is 2.34. The van der Waals surface area contributed by atoms with E-state index < -0.39 is 23.7 Å². The van der Waals surface area contributed by atoms with E-state index in [9.17, 15) is 19.2 Å². The Labute approximate surface area is 205 Å². The van der Waals surface area contributed by atoms with Crippen LogP contribution in [0, 0.1) is 11.8 Å². The first-order chi connectivity index (χ1) is 16.9. The van der Waals surface area contributed by atoms with Gasteiger partial charge in [0.1, 0.15) is 5.75 Å². The summed E-state index contributed by atoms with van der Waals surface area (Å²) in [4.78, 5) is 51.9. The minimum Gasteiger partial charge on any atom is -0.497 e. The van der Waals surface area contributed by atoms with E-state index >= 15 is 0 Å². The number of rotatable bonds is 13. The molecule has 2 aromatic carbocycles. The van der Waals surface area contributed by atoms with Gasteiger partial charge in [0.05, 0.1) is 13.2 Å². The van der Waals surface area contributed by atoms with Gasteiger partial charge in [0.25, 0.3) is 11.8 Å². The maximum atomic E-state index is 13.4. The molecule has 2 fully saturated rings. The molecule has 2 N–H and O–H groups in total. The van der Waals surface area contributed by atoms with Gasteiger partial charge in [-0.15, -0.1) is 0 Å². The lowest BCUT2D eigenvalue weighted by Crippen LogP contribution is -2.44. The number of benzene rings is 2. The Morgan fingerprint density at radius 2 is 1.71 bits per heavy atom. The second-order valence-electron chi connectivity index (χ2n) is 9.61. The molecule has 2 saturated carbocycles. The molecule has 0 aliphatic heterocycles. The number of carbonyl (C=O) groups excluding carboxylic acids is 4. The number of ketones is 2. The van der Waals surface area contributed by atoms with Crippen LogP contribution >= 0.6 is 0 Å². The highest BCUT2D eigenvalue weighted by Gasteiger charge is 2.35. The number of hydrogen-bond donors (Lipinski definition) is 2. The summed E-state index contributed by atoms with van der Waals surface area (Å²) in [7, 11) is 1.53. The number of carbonyl (C=O) groups is 4. The molecule has 2 atom stereocenters. The van der Waals surface area contributed by atoms with Gasteiger partial charge >= 0.3 is 0 Å². The van der Waals surface area contributed by atoms with Crippen LogP contribution in [-0.4, -0.2) is 42.6 Å². The average Bonchev–Trinajstić information content (AvgIpc) is 3.80. The van der Waals surface area contributed by atoms with Crippen molar-refractivity contribution >= 4 is 23.4 Å². The molecule has 2 aromatic rings. The van der Waals surface area contributed by atoms with Gasteiger partial charge in [0, 0.05) is 23.9 Å². The first-order valence-corrected chi connectivity index (χ1v) is 12.3. The lowest BCUT2D eigenvalue weighted by molar-refractivity contribution is -0.141. The molecule has 0 saturated heterocycles. The number of methoxy groups -OCH3 is 1. The molecule has 2 aliphatic rings. The topological polar surface area (TPSA) is 102 Å². The van der Waals surface area contributed by atoms with Gasteiger partial charge in [-0.3, -0.25) is 19.2 Å². The van der Waals surface area contributed by atoms with Crippen LogP contribution in [0.3, 0.4) is 0 Å². The van der Waals surface area contributed by atoms with Crippen molar-refractivity contribution in [1.29, 1.82) is 0 Å². The summed E-state index contributed by atoms with van der Waals surface area (Å²) >= 11 is 0. The van der Waals surface area contributed by atoms with E-state index in [1.165, 1.54) is 7.11 Å². The Morgan fingerprint density at radius 1 is 0.971 bits per heavy atom. The number of nitrogens with one attached hydrogen (secondary N) is 2. The van der Waals surface area contributed by atoms with Crippen molar-refractivity contribution in [2.75, 3.05) is 7.11 Å². The van der Waals surface area contributed by atoms with E-state index in [1.807, 2.05) is 30.3 Å². The number of amides is 2. The van der Waals surface area contributed by atoms with E-state index in [-0.39, 0.29) is 24.2 Å². The molecule has 0 heterocycles. The fraction of sp³-hybridized carbons (Fsp3) is 0.429. The summed E-state index contributed by atoms with van der Waals surface area (Å²) in [6, 6.07) is 15.5. The molecule has 0 radical (unpaired) electrons. The van der Waals surface area contributed by atoms with Crippen LogP contribution in [0.15, 0.2) is 54.6 Å². The van der Waals surface area contributed by atoms with Crippen molar-refractivity contribution in [2.45, 2.75) is 57.0 Å². The third kappa shape index (κ3) is 7.25. The van der Waals surface area contributed by atoms with Crippen molar-refractivity contribution < 1.29 is 23.9 Å². The van der Waals surface area contributed by atoms with E-state index in [2.05, 4.69) is 10.6 Å². The summed E-state index contributed by atoms with van der Waals surface area (Å²) in [5, 5.41) is 5.63. The zero-order valence-electron chi connectivity index (χ0n) is 20.0. The number of hydrogen-bond acceptors (Lipinski definition) is 5. The lowest BCUT2D eigenvalue weighted by Gasteiger charge is -2.21. The normalized spacial score (nSPS) is 16.6. The fourth-order valence-electron chi connectivity index (χ4n) is 4.17. The summed E-state index contributed by atoms with van der Waals surface area (Å²) in [6.45, 7) is 0. The molecule has 7 nitrogen and oxygen atoms in total. The van der Waals surface area contributed by atoms with Gasteiger partial charge in [-0.1, -0.05) is 49.2 Å². The maximum Gasteiger partial charge on any atom is 0.287 e. The second-order valence-corrected chi connectivity index (χ2v) is 9.61. The number of Topliss-reactive ketones (excluding diaryl/α,β-unsaturated/α-hetero) is 2. The van der Waals surface area contributed by atoms with E-state index in [4.69, 9.17) is 4.74 Å². The highest BCUT2D eigenvalue weighted by atomic mass is 16.5. The summed E-state index contributed by atoms with van der Waals surface area (Å²) in [5.41, 5.74) is 1.29. The van der Waals surface area contributed by atoms with Gasteiger partial charge in [-0.25, -0.2) is 0 Å². The Hall–Kier alpha value is -3.48. The van der Waals surface area contributed by atoms with Crippen LogP contribution in [0.1, 0.15) is 54.4 Å². The van der Waals surface area contributed by atoms with E-state index in [0.717, 1.165) is 31.2 Å². The zero-order chi connectivity index (χ0) is 24.8. The lowest BCUT2D eigenvalue weighted by atomic mass is 9.87. The van der Waals surface area contributed by atoms with Crippen LogP contribution in [0.5, 0.6) is 5.75 Å². The largest absolute Gasteiger partial charge is 0.497 e. The molecule has 184 valence electrons. The quantitative estimate of drug-likeness (QED) is 0.432. The molecule has 2 amide bonds. The molecule has 7 heteroatoms. The van der Waals surface area contributed by atoms with Crippen LogP contribution in [-0.2, 0) is 20.8 Å². The first-order valence-electron chi connectivity index (χ1n) is 12.3. The minimum atomic E-state index is -0.779. The zero-order valence-corrected chi connectivity index (χ0v) is 20.0. The second kappa shape index (κ2) is 11.3. The standard InChI is InChI=1S/C28H32N2O5/c1-35-23-9-5-8-20(16-23)27(33)30-24(15-19-10-11-19)25(31)17-21(14-18-6-3-2-4-7-18)26(32)28(34)29-22-12-13-22/h2-9,16,19,21-22,24H,10-15,17H2,1H3,(H,29,34)(H,30,33)/t21?,24-/m0/s1. The maximum absolute atomic E-state index is 13.4.